The minimum Gasteiger partial charge on any atom is -0.385 e. The van der Waals surface area contributed by atoms with Crippen molar-refractivity contribution in [2.45, 2.75) is 39.0 Å². The van der Waals surface area contributed by atoms with Crippen LogP contribution in [-0.4, -0.2) is 13.7 Å². The molecule has 16 heavy (non-hydrogen) atoms. The van der Waals surface area contributed by atoms with Crippen LogP contribution in [0.15, 0.2) is 30.3 Å². The summed E-state index contributed by atoms with van der Waals surface area (Å²) in [7, 11) is 1.78. The van der Waals surface area contributed by atoms with Gasteiger partial charge in [-0.05, 0) is 29.7 Å². The molecule has 0 radical (unpaired) electrons. The third-order valence-electron chi connectivity index (χ3n) is 3.84. The van der Waals surface area contributed by atoms with Crippen LogP contribution >= 0.6 is 0 Å². The predicted molar refractivity (Wildman–Crippen MR) is 69.7 cm³/mol. The normalized spacial score (nSPS) is 15.1. The predicted octanol–water partition coefficient (Wildman–Crippen LogP) is 4.03. The lowest BCUT2D eigenvalue weighted by Gasteiger charge is -2.37. The van der Waals surface area contributed by atoms with Crippen molar-refractivity contribution >= 4 is 0 Å². The topological polar surface area (TPSA) is 9.23 Å². The molecule has 0 aromatic heterocycles. The SMILES string of the molecule is CCC(CCOC)(c1ccccc1)C(C)C. The van der Waals surface area contributed by atoms with E-state index in [1.54, 1.807) is 7.11 Å². The molecule has 0 saturated heterocycles. The van der Waals surface area contributed by atoms with Crippen molar-refractivity contribution in [2.75, 3.05) is 13.7 Å². The maximum Gasteiger partial charge on any atom is 0.0470 e. The van der Waals surface area contributed by atoms with Gasteiger partial charge in [0.1, 0.15) is 0 Å². The van der Waals surface area contributed by atoms with Crippen molar-refractivity contribution in [3.05, 3.63) is 35.9 Å². The highest BCUT2D eigenvalue weighted by Gasteiger charge is 2.33. The van der Waals surface area contributed by atoms with Crippen LogP contribution in [0.5, 0.6) is 0 Å². The zero-order chi connectivity index (χ0) is 12.0. The number of hydrogen-bond acceptors (Lipinski definition) is 1. The smallest absolute Gasteiger partial charge is 0.0470 e. The Labute approximate surface area is 99.8 Å². The summed E-state index contributed by atoms with van der Waals surface area (Å²) in [5.41, 5.74) is 1.71. The van der Waals surface area contributed by atoms with Gasteiger partial charge in [-0.1, -0.05) is 51.1 Å². The summed E-state index contributed by atoms with van der Waals surface area (Å²) >= 11 is 0. The Morgan fingerprint density at radius 3 is 2.25 bits per heavy atom. The molecule has 1 atom stereocenters. The molecule has 1 aromatic carbocycles. The van der Waals surface area contributed by atoms with Gasteiger partial charge >= 0.3 is 0 Å². The fourth-order valence-electron chi connectivity index (χ4n) is 2.61. The lowest BCUT2D eigenvalue weighted by atomic mass is 9.68. The molecular weight excluding hydrogens is 196 g/mol. The van der Waals surface area contributed by atoms with E-state index in [1.807, 2.05) is 0 Å². The van der Waals surface area contributed by atoms with Gasteiger partial charge in [0.05, 0.1) is 0 Å². The van der Waals surface area contributed by atoms with Crippen LogP contribution in [0.25, 0.3) is 0 Å². The molecule has 0 aliphatic rings. The Morgan fingerprint density at radius 1 is 1.19 bits per heavy atom. The fourth-order valence-corrected chi connectivity index (χ4v) is 2.61. The molecule has 0 N–H and O–H groups in total. The van der Waals surface area contributed by atoms with Crippen molar-refractivity contribution in [3.8, 4) is 0 Å². The zero-order valence-electron chi connectivity index (χ0n) is 11.0. The summed E-state index contributed by atoms with van der Waals surface area (Å²) in [6.45, 7) is 7.74. The lowest BCUT2D eigenvalue weighted by molar-refractivity contribution is 0.144. The molecule has 0 spiro atoms. The second-order valence-corrected chi connectivity index (χ2v) is 4.77. The van der Waals surface area contributed by atoms with E-state index in [-0.39, 0.29) is 5.41 Å². The molecule has 0 heterocycles. The Kier molecular flexibility index (Phi) is 5.01. The summed E-state index contributed by atoms with van der Waals surface area (Å²) in [5.74, 6) is 0.634. The van der Waals surface area contributed by atoms with Crippen molar-refractivity contribution < 1.29 is 4.74 Å². The molecule has 0 amide bonds. The summed E-state index contributed by atoms with van der Waals surface area (Å²) in [6.07, 6.45) is 2.26. The maximum atomic E-state index is 5.27. The van der Waals surface area contributed by atoms with Crippen LogP contribution in [0.2, 0.25) is 0 Å². The van der Waals surface area contributed by atoms with E-state index in [0.29, 0.717) is 5.92 Å². The average Bonchev–Trinajstić information content (AvgIpc) is 2.31. The second-order valence-electron chi connectivity index (χ2n) is 4.77. The Hall–Kier alpha value is -0.820. The molecule has 1 unspecified atom stereocenters. The molecule has 0 aliphatic heterocycles. The van der Waals surface area contributed by atoms with Crippen LogP contribution in [0.1, 0.15) is 39.2 Å². The summed E-state index contributed by atoms with van der Waals surface area (Å²) in [6, 6.07) is 10.8. The van der Waals surface area contributed by atoms with Gasteiger partial charge < -0.3 is 4.74 Å². The molecule has 0 aliphatic carbocycles. The molecule has 0 fully saturated rings. The zero-order valence-corrected chi connectivity index (χ0v) is 11.0. The maximum absolute atomic E-state index is 5.27. The summed E-state index contributed by atoms with van der Waals surface area (Å²) in [5, 5.41) is 0. The molecule has 1 heteroatoms. The van der Waals surface area contributed by atoms with Crippen molar-refractivity contribution in [2.24, 2.45) is 5.92 Å². The first-order chi connectivity index (χ1) is 7.67. The number of ether oxygens (including phenoxy) is 1. The Bertz CT molecular complexity index is 292. The first kappa shape index (κ1) is 13.2. The van der Waals surface area contributed by atoms with E-state index in [4.69, 9.17) is 4.74 Å². The Morgan fingerprint density at radius 2 is 1.81 bits per heavy atom. The fraction of sp³-hybridized carbons (Fsp3) is 0.600. The van der Waals surface area contributed by atoms with Crippen LogP contribution in [-0.2, 0) is 10.2 Å². The first-order valence-corrected chi connectivity index (χ1v) is 6.22. The second kappa shape index (κ2) is 6.05. The number of hydrogen-bond donors (Lipinski definition) is 0. The standard InChI is InChI=1S/C15H24O/c1-5-15(13(2)3,11-12-16-4)14-9-7-6-8-10-14/h6-10,13H,5,11-12H2,1-4H3. The molecular formula is C15H24O. The Balaban J connectivity index is 3.02. The number of benzene rings is 1. The van der Waals surface area contributed by atoms with Gasteiger partial charge in [-0.3, -0.25) is 0 Å². The van der Waals surface area contributed by atoms with Gasteiger partial charge in [-0.25, -0.2) is 0 Å². The summed E-state index contributed by atoms with van der Waals surface area (Å²) < 4.78 is 5.27. The van der Waals surface area contributed by atoms with Crippen LogP contribution in [0.3, 0.4) is 0 Å². The van der Waals surface area contributed by atoms with E-state index >= 15 is 0 Å². The molecule has 1 aromatic rings. The minimum atomic E-state index is 0.261. The van der Waals surface area contributed by atoms with Gasteiger partial charge in [0, 0.05) is 13.7 Å². The number of rotatable bonds is 6. The van der Waals surface area contributed by atoms with Crippen LogP contribution < -0.4 is 0 Å². The highest BCUT2D eigenvalue weighted by Crippen LogP contribution is 2.38. The van der Waals surface area contributed by atoms with Gasteiger partial charge in [0.25, 0.3) is 0 Å². The minimum absolute atomic E-state index is 0.261. The van der Waals surface area contributed by atoms with E-state index in [2.05, 4.69) is 51.1 Å². The van der Waals surface area contributed by atoms with Crippen molar-refractivity contribution in [1.82, 2.24) is 0 Å². The molecule has 1 nitrogen and oxygen atoms in total. The quantitative estimate of drug-likeness (QED) is 0.703. The monoisotopic (exact) mass is 220 g/mol. The van der Waals surface area contributed by atoms with E-state index < -0.39 is 0 Å². The molecule has 1 rings (SSSR count). The van der Waals surface area contributed by atoms with Crippen LogP contribution in [0.4, 0.5) is 0 Å². The lowest BCUT2D eigenvalue weighted by Crippen LogP contribution is -2.33. The molecule has 0 bridgehead atoms. The van der Waals surface area contributed by atoms with Crippen LogP contribution in [0, 0.1) is 5.92 Å². The van der Waals surface area contributed by atoms with Gasteiger partial charge in [0.2, 0.25) is 0 Å². The van der Waals surface area contributed by atoms with E-state index in [9.17, 15) is 0 Å². The van der Waals surface area contributed by atoms with Crippen molar-refractivity contribution in [3.63, 3.8) is 0 Å². The molecule has 0 saturated carbocycles. The third-order valence-corrected chi connectivity index (χ3v) is 3.84. The highest BCUT2D eigenvalue weighted by molar-refractivity contribution is 5.26. The third kappa shape index (κ3) is 2.65. The summed E-state index contributed by atoms with van der Waals surface area (Å²) in [4.78, 5) is 0. The van der Waals surface area contributed by atoms with Gasteiger partial charge in [-0.15, -0.1) is 0 Å². The largest absolute Gasteiger partial charge is 0.385 e. The van der Waals surface area contributed by atoms with Crippen molar-refractivity contribution in [1.29, 1.82) is 0 Å². The molecule has 90 valence electrons. The average molecular weight is 220 g/mol. The van der Waals surface area contributed by atoms with Gasteiger partial charge in [-0.2, -0.15) is 0 Å². The highest BCUT2D eigenvalue weighted by atomic mass is 16.5. The van der Waals surface area contributed by atoms with E-state index in [0.717, 1.165) is 19.4 Å². The van der Waals surface area contributed by atoms with E-state index in [1.165, 1.54) is 5.56 Å². The van der Waals surface area contributed by atoms with Gasteiger partial charge in [0.15, 0.2) is 0 Å². The number of methoxy groups -OCH3 is 1. The first-order valence-electron chi connectivity index (χ1n) is 6.22.